The second-order valence-corrected chi connectivity index (χ2v) is 5.80. The number of fused-ring (bicyclic) bond motifs is 1. The normalized spacial score (nSPS) is 16.1. The molecule has 1 aliphatic rings. The number of β-amino-alcohol motifs (C(OH)–C–C–N with tert-alkyl or cyclic N) is 1. The van der Waals surface area contributed by atoms with Crippen molar-refractivity contribution in [2.75, 3.05) is 39.3 Å². The second-order valence-electron chi connectivity index (χ2n) is 5.80. The number of rotatable bonds is 4. The van der Waals surface area contributed by atoms with Crippen LogP contribution >= 0.6 is 0 Å². The van der Waals surface area contributed by atoms with Crippen molar-refractivity contribution in [3.63, 3.8) is 0 Å². The highest BCUT2D eigenvalue weighted by atomic mass is 16.3. The SMILES string of the molecule is O=C(Cc1ccc2ccccc2c1)N1CCN(CCO)CC1. The molecular formula is C18H22N2O2. The van der Waals surface area contributed by atoms with Crippen molar-refractivity contribution in [1.29, 1.82) is 0 Å². The summed E-state index contributed by atoms with van der Waals surface area (Å²) in [6.07, 6.45) is 0.463. The molecule has 116 valence electrons. The molecule has 0 atom stereocenters. The molecule has 1 amide bonds. The molecule has 1 heterocycles. The molecule has 3 rings (SSSR count). The summed E-state index contributed by atoms with van der Waals surface area (Å²) in [4.78, 5) is 16.6. The smallest absolute Gasteiger partial charge is 0.227 e. The van der Waals surface area contributed by atoms with Gasteiger partial charge in [-0.25, -0.2) is 0 Å². The Bertz CT molecular complexity index is 648. The molecule has 0 unspecified atom stereocenters. The van der Waals surface area contributed by atoms with Gasteiger partial charge in [-0.05, 0) is 16.3 Å². The summed E-state index contributed by atoms with van der Waals surface area (Å²) < 4.78 is 0. The molecule has 4 nitrogen and oxygen atoms in total. The molecule has 22 heavy (non-hydrogen) atoms. The third-order valence-electron chi connectivity index (χ3n) is 4.31. The van der Waals surface area contributed by atoms with Crippen molar-refractivity contribution in [1.82, 2.24) is 9.80 Å². The van der Waals surface area contributed by atoms with Crippen molar-refractivity contribution < 1.29 is 9.90 Å². The molecule has 0 bridgehead atoms. The Balaban J connectivity index is 1.61. The summed E-state index contributed by atoms with van der Waals surface area (Å²) in [5, 5.41) is 11.3. The van der Waals surface area contributed by atoms with Crippen molar-refractivity contribution in [3.8, 4) is 0 Å². The van der Waals surface area contributed by atoms with Crippen LogP contribution in [0.25, 0.3) is 10.8 Å². The van der Waals surface area contributed by atoms with Gasteiger partial charge >= 0.3 is 0 Å². The molecule has 0 saturated carbocycles. The average molecular weight is 298 g/mol. The minimum atomic E-state index is 0.186. The third kappa shape index (κ3) is 3.46. The molecule has 0 radical (unpaired) electrons. The van der Waals surface area contributed by atoms with Crippen LogP contribution in [0.15, 0.2) is 42.5 Å². The summed E-state index contributed by atoms with van der Waals surface area (Å²) in [6.45, 7) is 4.10. The van der Waals surface area contributed by atoms with Gasteiger partial charge in [-0.3, -0.25) is 9.69 Å². The van der Waals surface area contributed by atoms with E-state index in [9.17, 15) is 4.79 Å². The van der Waals surface area contributed by atoms with Gasteiger partial charge in [0.25, 0.3) is 0 Å². The molecule has 1 saturated heterocycles. The first kappa shape index (κ1) is 15.0. The standard InChI is InChI=1S/C18H22N2O2/c21-12-11-19-7-9-20(10-8-19)18(22)14-15-5-6-16-3-1-2-4-17(16)13-15/h1-6,13,21H,7-12,14H2. The van der Waals surface area contributed by atoms with Crippen molar-refractivity contribution in [3.05, 3.63) is 48.0 Å². The molecule has 4 heteroatoms. The largest absolute Gasteiger partial charge is 0.395 e. The Kier molecular flexibility index (Phi) is 4.71. The highest BCUT2D eigenvalue weighted by molar-refractivity contribution is 5.85. The van der Waals surface area contributed by atoms with E-state index >= 15 is 0 Å². The molecule has 2 aromatic rings. The first-order valence-electron chi connectivity index (χ1n) is 7.85. The van der Waals surface area contributed by atoms with Gasteiger partial charge in [-0.15, -0.1) is 0 Å². The van der Waals surface area contributed by atoms with Crippen molar-refractivity contribution in [2.24, 2.45) is 0 Å². The quantitative estimate of drug-likeness (QED) is 0.931. The number of amides is 1. The van der Waals surface area contributed by atoms with Gasteiger partial charge in [-0.2, -0.15) is 0 Å². The van der Waals surface area contributed by atoms with E-state index in [-0.39, 0.29) is 12.5 Å². The van der Waals surface area contributed by atoms with Gasteiger partial charge in [-0.1, -0.05) is 42.5 Å². The lowest BCUT2D eigenvalue weighted by Crippen LogP contribution is -2.49. The number of nitrogens with zero attached hydrogens (tertiary/aromatic N) is 2. The summed E-state index contributed by atoms with van der Waals surface area (Å²) >= 11 is 0. The lowest BCUT2D eigenvalue weighted by atomic mass is 10.0. The predicted molar refractivity (Wildman–Crippen MR) is 87.8 cm³/mol. The zero-order valence-electron chi connectivity index (χ0n) is 12.7. The van der Waals surface area contributed by atoms with E-state index in [4.69, 9.17) is 5.11 Å². The minimum Gasteiger partial charge on any atom is -0.395 e. The number of hydrogen-bond donors (Lipinski definition) is 1. The lowest BCUT2D eigenvalue weighted by Gasteiger charge is -2.34. The summed E-state index contributed by atoms with van der Waals surface area (Å²) in [7, 11) is 0. The van der Waals surface area contributed by atoms with E-state index in [0.717, 1.165) is 31.7 Å². The monoisotopic (exact) mass is 298 g/mol. The lowest BCUT2D eigenvalue weighted by molar-refractivity contribution is -0.132. The number of hydrogen-bond acceptors (Lipinski definition) is 3. The summed E-state index contributed by atoms with van der Waals surface area (Å²) in [5.74, 6) is 0.193. The minimum absolute atomic E-state index is 0.186. The van der Waals surface area contributed by atoms with Gasteiger partial charge < -0.3 is 10.0 Å². The third-order valence-corrected chi connectivity index (χ3v) is 4.31. The van der Waals surface area contributed by atoms with E-state index in [1.807, 2.05) is 23.1 Å². The van der Waals surface area contributed by atoms with Crippen LogP contribution in [0.5, 0.6) is 0 Å². The van der Waals surface area contributed by atoms with E-state index < -0.39 is 0 Å². The number of aliphatic hydroxyl groups excluding tert-OH is 1. The molecule has 1 aliphatic heterocycles. The second kappa shape index (κ2) is 6.90. The van der Waals surface area contributed by atoms with Gasteiger partial charge in [0.15, 0.2) is 0 Å². The maximum Gasteiger partial charge on any atom is 0.227 e. The first-order chi connectivity index (χ1) is 10.8. The van der Waals surface area contributed by atoms with Crippen molar-refractivity contribution in [2.45, 2.75) is 6.42 Å². The van der Waals surface area contributed by atoms with Gasteiger partial charge in [0.05, 0.1) is 13.0 Å². The summed E-state index contributed by atoms with van der Waals surface area (Å²) in [5.41, 5.74) is 1.07. The van der Waals surface area contributed by atoms with E-state index in [0.29, 0.717) is 13.0 Å². The zero-order chi connectivity index (χ0) is 15.4. The zero-order valence-corrected chi connectivity index (χ0v) is 12.7. The van der Waals surface area contributed by atoms with Crippen LogP contribution in [0.2, 0.25) is 0 Å². The Morgan fingerprint density at radius 3 is 2.45 bits per heavy atom. The Morgan fingerprint density at radius 1 is 1.00 bits per heavy atom. The number of carbonyl (C=O) groups excluding carboxylic acids is 1. The van der Waals surface area contributed by atoms with Gasteiger partial charge in [0.2, 0.25) is 5.91 Å². The van der Waals surface area contributed by atoms with Crippen LogP contribution in [-0.4, -0.2) is 60.1 Å². The van der Waals surface area contributed by atoms with Crippen LogP contribution in [0.4, 0.5) is 0 Å². The number of carbonyl (C=O) groups is 1. The molecule has 2 aromatic carbocycles. The van der Waals surface area contributed by atoms with Crippen LogP contribution in [0.3, 0.4) is 0 Å². The van der Waals surface area contributed by atoms with Crippen LogP contribution in [-0.2, 0) is 11.2 Å². The Morgan fingerprint density at radius 2 is 1.73 bits per heavy atom. The number of aliphatic hydroxyl groups is 1. The molecule has 0 aromatic heterocycles. The maximum atomic E-state index is 12.4. The Labute approximate surface area is 131 Å². The number of piperazine rings is 1. The first-order valence-corrected chi connectivity index (χ1v) is 7.85. The molecule has 0 spiro atoms. The molecule has 0 aliphatic carbocycles. The molecule has 1 fully saturated rings. The van der Waals surface area contributed by atoms with E-state index in [1.165, 1.54) is 10.8 Å². The highest BCUT2D eigenvalue weighted by Gasteiger charge is 2.20. The molecular weight excluding hydrogens is 276 g/mol. The average Bonchev–Trinajstić information content (AvgIpc) is 2.56. The Hall–Kier alpha value is -1.91. The van der Waals surface area contributed by atoms with Crippen LogP contribution in [0.1, 0.15) is 5.56 Å². The van der Waals surface area contributed by atoms with Crippen LogP contribution < -0.4 is 0 Å². The predicted octanol–water partition coefficient (Wildman–Crippen LogP) is 1.52. The topological polar surface area (TPSA) is 43.8 Å². The van der Waals surface area contributed by atoms with Gasteiger partial charge in [0.1, 0.15) is 0 Å². The highest BCUT2D eigenvalue weighted by Crippen LogP contribution is 2.16. The van der Waals surface area contributed by atoms with Gasteiger partial charge in [0, 0.05) is 32.7 Å². The van der Waals surface area contributed by atoms with E-state index in [2.05, 4.69) is 29.2 Å². The van der Waals surface area contributed by atoms with Crippen molar-refractivity contribution >= 4 is 16.7 Å². The fraction of sp³-hybridized carbons (Fsp3) is 0.389. The summed E-state index contributed by atoms with van der Waals surface area (Å²) in [6, 6.07) is 14.4. The van der Waals surface area contributed by atoms with Crippen LogP contribution in [0, 0.1) is 0 Å². The van der Waals surface area contributed by atoms with E-state index in [1.54, 1.807) is 0 Å². The maximum absolute atomic E-state index is 12.4. The number of benzene rings is 2. The molecule has 1 N–H and O–H groups in total. The fourth-order valence-corrected chi connectivity index (χ4v) is 3.00. The fourth-order valence-electron chi connectivity index (χ4n) is 3.00.